The summed E-state index contributed by atoms with van der Waals surface area (Å²) in [6.07, 6.45) is 6.45. The molecule has 94 valence electrons. The van der Waals surface area contributed by atoms with Crippen molar-refractivity contribution in [1.29, 1.82) is 0 Å². The van der Waals surface area contributed by atoms with E-state index in [1.54, 1.807) is 10.9 Å². The van der Waals surface area contributed by atoms with Crippen molar-refractivity contribution < 1.29 is 4.79 Å². The van der Waals surface area contributed by atoms with Crippen molar-refractivity contribution in [3.05, 3.63) is 11.9 Å². The van der Waals surface area contributed by atoms with Crippen molar-refractivity contribution in [2.75, 3.05) is 7.05 Å². The predicted octanol–water partition coefficient (Wildman–Crippen LogP) is 0.0563. The van der Waals surface area contributed by atoms with Gasteiger partial charge in [-0.2, -0.15) is 0 Å². The Hall–Kier alpha value is -1.43. The molecule has 2 N–H and O–H groups in total. The van der Waals surface area contributed by atoms with Gasteiger partial charge in [-0.1, -0.05) is 18.1 Å². The van der Waals surface area contributed by atoms with Gasteiger partial charge in [0.1, 0.15) is 6.54 Å². The molecule has 1 aliphatic rings. The highest BCUT2D eigenvalue weighted by Crippen LogP contribution is 2.17. The van der Waals surface area contributed by atoms with Crippen molar-refractivity contribution in [1.82, 2.24) is 25.6 Å². The highest BCUT2D eigenvalue weighted by Gasteiger charge is 2.17. The molecule has 1 aromatic rings. The molecular weight excluding hydrogens is 218 g/mol. The fraction of sp³-hybridized carbons (Fsp3) is 0.727. The maximum Gasteiger partial charge on any atom is 0.242 e. The summed E-state index contributed by atoms with van der Waals surface area (Å²) in [7, 11) is 1.85. The number of nitrogens with one attached hydrogen (secondary N) is 2. The Morgan fingerprint density at radius 1 is 1.53 bits per heavy atom. The van der Waals surface area contributed by atoms with Crippen LogP contribution in [0.3, 0.4) is 0 Å². The molecule has 0 unspecified atom stereocenters. The van der Waals surface area contributed by atoms with Gasteiger partial charge in [0.2, 0.25) is 5.91 Å². The van der Waals surface area contributed by atoms with Crippen molar-refractivity contribution in [2.45, 2.75) is 44.8 Å². The van der Waals surface area contributed by atoms with Crippen molar-refractivity contribution >= 4 is 5.91 Å². The Morgan fingerprint density at radius 2 is 2.29 bits per heavy atom. The van der Waals surface area contributed by atoms with Gasteiger partial charge in [0.25, 0.3) is 0 Å². The van der Waals surface area contributed by atoms with Crippen LogP contribution in [0.4, 0.5) is 0 Å². The van der Waals surface area contributed by atoms with E-state index in [0.717, 1.165) is 18.5 Å². The molecule has 0 atom stereocenters. The average molecular weight is 237 g/mol. The second kappa shape index (κ2) is 5.77. The molecule has 1 aromatic heterocycles. The van der Waals surface area contributed by atoms with Crippen LogP contribution in [-0.2, 0) is 17.9 Å². The minimum atomic E-state index is 0.0257. The van der Waals surface area contributed by atoms with Gasteiger partial charge in [0.15, 0.2) is 0 Å². The lowest BCUT2D eigenvalue weighted by Crippen LogP contribution is -2.35. The quantitative estimate of drug-likeness (QED) is 0.759. The van der Waals surface area contributed by atoms with Crippen LogP contribution in [0.5, 0.6) is 0 Å². The van der Waals surface area contributed by atoms with E-state index in [9.17, 15) is 4.79 Å². The predicted molar refractivity (Wildman–Crippen MR) is 63.2 cm³/mol. The van der Waals surface area contributed by atoms with Crippen LogP contribution in [-0.4, -0.2) is 34.0 Å². The zero-order valence-electron chi connectivity index (χ0n) is 10.1. The van der Waals surface area contributed by atoms with Gasteiger partial charge >= 0.3 is 0 Å². The lowest BCUT2D eigenvalue weighted by atomic mass is 10.2. The summed E-state index contributed by atoms with van der Waals surface area (Å²) >= 11 is 0. The summed E-state index contributed by atoms with van der Waals surface area (Å²) in [6.45, 7) is 0.928. The van der Waals surface area contributed by atoms with Gasteiger partial charge in [0.05, 0.1) is 11.9 Å². The molecule has 0 aromatic carbocycles. The van der Waals surface area contributed by atoms with Crippen molar-refractivity contribution in [3.8, 4) is 0 Å². The number of rotatable bonds is 5. The van der Waals surface area contributed by atoms with Crippen molar-refractivity contribution in [3.63, 3.8) is 0 Å². The summed E-state index contributed by atoms with van der Waals surface area (Å²) < 4.78 is 1.58. The smallest absolute Gasteiger partial charge is 0.242 e. The van der Waals surface area contributed by atoms with Crippen molar-refractivity contribution in [2.24, 2.45) is 0 Å². The number of carbonyl (C=O) groups is 1. The van der Waals surface area contributed by atoms with Crippen LogP contribution < -0.4 is 10.6 Å². The zero-order valence-corrected chi connectivity index (χ0v) is 10.1. The van der Waals surface area contributed by atoms with E-state index in [4.69, 9.17) is 0 Å². The summed E-state index contributed by atoms with van der Waals surface area (Å²) in [5.41, 5.74) is 0.848. The second-order valence-corrected chi connectivity index (χ2v) is 4.49. The van der Waals surface area contributed by atoms with E-state index < -0.39 is 0 Å². The minimum absolute atomic E-state index is 0.0257. The Morgan fingerprint density at radius 3 is 3.00 bits per heavy atom. The van der Waals surface area contributed by atoms with Crippen LogP contribution in [0.15, 0.2) is 6.20 Å². The zero-order chi connectivity index (χ0) is 12.1. The van der Waals surface area contributed by atoms with E-state index in [1.165, 1.54) is 12.8 Å². The molecule has 6 heteroatoms. The second-order valence-electron chi connectivity index (χ2n) is 4.49. The molecule has 1 saturated carbocycles. The first-order valence-corrected chi connectivity index (χ1v) is 6.11. The first-order chi connectivity index (χ1) is 8.28. The number of aromatic nitrogens is 3. The molecule has 17 heavy (non-hydrogen) atoms. The molecule has 0 bridgehead atoms. The molecule has 1 aliphatic carbocycles. The number of amides is 1. The topological polar surface area (TPSA) is 71.8 Å². The highest BCUT2D eigenvalue weighted by atomic mass is 16.2. The van der Waals surface area contributed by atoms with E-state index in [-0.39, 0.29) is 12.5 Å². The van der Waals surface area contributed by atoms with Crippen LogP contribution in [0.1, 0.15) is 31.4 Å². The third kappa shape index (κ3) is 3.52. The van der Waals surface area contributed by atoms with Crippen LogP contribution >= 0.6 is 0 Å². The number of hydrogen-bond acceptors (Lipinski definition) is 4. The molecule has 0 saturated heterocycles. The largest absolute Gasteiger partial charge is 0.352 e. The summed E-state index contributed by atoms with van der Waals surface area (Å²) in [5, 5.41) is 13.9. The molecule has 1 amide bonds. The molecule has 2 rings (SSSR count). The van der Waals surface area contributed by atoms with Gasteiger partial charge in [0, 0.05) is 12.6 Å². The summed E-state index contributed by atoms with van der Waals surface area (Å²) in [5.74, 6) is 0.0257. The lowest BCUT2D eigenvalue weighted by Gasteiger charge is -2.11. The molecule has 1 heterocycles. The van der Waals surface area contributed by atoms with Crippen LogP contribution in [0.2, 0.25) is 0 Å². The maximum atomic E-state index is 11.7. The SMILES string of the molecule is CNCc1cn(CC(=O)NC2CCCC2)nn1. The van der Waals surface area contributed by atoms with E-state index >= 15 is 0 Å². The first kappa shape index (κ1) is 12.0. The number of carbonyl (C=O) groups excluding carboxylic acids is 1. The monoisotopic (exact) mass is 237 g/mol. The Labute approximate surface area is 101 Å². The van der Waals surface area contributed by atoms with Gasteiger partial charge in [-0.05, 0) is 19.9 Å². The van der Waals surface area contributed by atoms with Gasteiger partial charge in [-0.3, -0.25) is 4.79 Å². The van der Waals surface area contributed by atoms with Crippen LogP contribution in [0.25, 0.3) is 0 Å². The molecule has 1 fully saturated rings. The van der Waals surface area contributed by atoms with E-state index in [1.807, 2.05) is 7.05 Å². The normalized spacial score (nSPS) is 16.3. The fourth-order valence-corrected chi connectivity index (χ4v) is 2.17. The standard InChI is InChI=1S/C11H19N5O/c1-12-6-10-7-16(15-14-10)8-11(17)13-9-4-2-3-5-9/h7,9,12H,2-6,8H2,1H3,(H,13,17). The summed E-state index contributed by atoms with van der Waals surface area (Å²) in [4.78, 5) is 11.7. The molecule has 0 spiro atoms. The lowest BCUT2D eigenvalue weighted by molar-refractivity contribution is -0.122. The third-order valence-electron chi connectivity index (χ3n) is 2.97. The van der Waals surface area contributed by atoms with Gasteiger partial charge < -0.3 is 10.6 Å². The maximum absolute atomic E-state index is 11.7. The van der Waals surface area contributed by atoms with E-state index in [2.05, 4.69) is 20.9 Å². The van der Waals surface area contributed by atoms with Crippen LogP contribution in [0, 0.1) is 0 Å². The molecular formula is C11H19N5O. The van der Waals surface area contributed by atoms with Gasteiger partial charge in [-0.25, -0.2) is 4.68 Å². The Balaban J connectivity index is 1.80. The number of nitrogens with zero attached hydrogens (tertiary/aromatic N) is 3. The molecule has 6 nitrogen and oxygen atoms in total. The summed E-state index contributed by atoms with van der Waals surface area (Å²) in [6, 6.07) is 0.364. The average Bonchev–Trinajstić information content (AvgIpc) is 2.91. The molecule has 0 radical (unpaired) electrons. The highest BCUT2D eigenvalue weighted by molar-refractivity contribution is 5.75. The minimum Gasteiger partial charge on any atom is -0.352 e. The Bertz CT molecular complexity index is 370. The molecule has 0 aliphatic heterocycles. The Kier molecular flexibility index (Phi) is 4.08. The number of hydrogen-bond donors (Lipinski definition) is 2. The van der Waals surface area contributed by atoms with E-state index in [0.29, 0.717) is 12.6 Å². The first-order valence-electron chi connectivity index (χ1n) is 6.11. The third-order valence-corrected chi connectivity index (χ3v) is 2.97. The van der Waals surface area contributed by atoms with Gasteiger partial charge in [-0.15, -0.1) is 5.10 Å². The fourth-order valence-electron chi connectivity index (χ4n) is 2.17.